The van der Waals surface area contributed by atoms with Gasteiger partial charge in [-0.05, 0) is 126 Å². The van der Waals surface area contributed by atoms with Crippen molar-refractivity contribution in [3.8, 4) is 12.1 Å². The van der Waals surface area contributed by atoms with Crippen LogP contribution in [-0.4, -0.2) is 16.6 Å². The smallest absolute Gasteiger partial charge is 0.396 e. The van der Waals surface area contributed by atoms with Gasteiger partial charge in [-0.25, -0.2) is 0 Å². The summed E-state index contributed by atoms with van der Waals surface area (Å²) in [5.74, 6) is 1.73. The number of hydrogen-bond donors (Lipinski definition) is 0. The number of halogens is 2. The largest absolute Gasteiger partial charge is 2.00 e. The van der Waals surface area contributed by atoms with Gasteiger partial charge >= 0.3 is 17.1 Å². The molecular weight excluding hydrogens is 627 g/mol. The average Bonchev–Trinajstić information content (AvgIpc) is 3.62. The van der Waals surface area contributed by atoms with Crippen LogP contribution in [0, 0.1) is 85.9 Å². The van der Waals surface area contributed by atoms with Crippen LogP contribution in [0.5, 0.6) is 0 Å². The molecule has 2 atom stereocenters. The molecule has 0 saturated heterocycles. The number of rotatable bonds is 8. The Bertz CT molecular complexity index is 1100. The molecule has 0 amide bonds. The maximum Gasteiger partial charge on any atom is 2.00 e. The third-order valence-corrected chi connectivity index (χ3v) is 8.21. The minimum Gasteiger partial charge on any atom is -0.396 e. The van der Waals surface area contributed by atoms with Gasteiger partial charge in [-0.2, -0.15) is 10.5 Å². The number of nitriles is 2. The Morgan fingerprint density at radius 2 is 0.829 bits per heavy atom. The molecule has 2 aromatic carbocycles. The van der Waals surface area contributed by atoms with E-state index in [1.54, 1.807) is 24.3 Å². The van der Waals surface area contributed by atoms with E-state index in [-0.39, 0.29) is 17.1 Å². The zero-order valence-corrected chi connectivity index (χ0v) is 28.7. The Balaban J connectivity index is 0.000000280. The topological polar surface area (TPSA) is 66.0 Å². The Morgan fingerprint density at radius 3 is 1.05 bits per heavy atom. The molecule has 10 radical (unpaired) electrons. The summed E-state index contributed by atoms with van der Waals surface area (Å²) in [5.41, 5.74) is -0.479. The summed E-state index contributed by atoms with van der Waals surface area (Å²) < 4.78 is 12.6. The molecule has 2 unspecified atom stereocenters. The maximum absolute atomic E-state index is 9.85. The quantitative estimate of drug-likeness (QED) is 0.266. The van der Waals surface area contributed by atoms with Crippen LogP contribution in [-0.2, 0) is 37.1 Å². The number of hydrogen-bond acceptors (Lipinski definition) is 4. The van der Waals surface area contributed by atoms with Crippen molar-refractivity contribution >= 4 is 39.8 Å². The van der Waals surface area contributed by atoms with Crippen LogP contribution in [0.3, 0.4) is 0 Å². The first-order chi connectivity index (χ1) is 18.7. The molecule has 9 heteroatoms. The van der Waals surface area contributed by atoms with Gasteiger partial charge < -0.3 is 8.85 Å². The summed E-state index contributed by atoms with van der Waals surface area (Å²) in [6, 6.07) is 19.4. The average molecular weight is 662 g/mol. The van der Waals surface area contributed by atoms with Crippen molar-refractivity contribution in [2.75, 3.05) is 0 Å². The summed E-state index contributed by atoms with van der Waals surface area (Å²) in [4.78, 5) is 0. The maximum atomic E-state index is 9.85. The number of nitrogens with zero attached hydrogens (tertiary/aromatic N) is 2. The van der Waals surface area contributed by atoms with E-state index in [1.165, 1.54) is 0 Å². The van der Waals surface area contributed by atoms with Crippen molar-refractivity contribution in [3.63, 3.8) is 0 Å². The zero-order chi connectivity index (χ0) is 29.6. The Hall–Kier alpha value is -1.13. The molecule has 212 valence electrons. The standard InChI is InChI=1S/2C16H17ClNOSi.Fe/c2*1-20(2,3)19-16(12-18,13-6-4-5-7-13)14-8-10-15(17)11-9-14;/h2*4-11H,1-3H3;/q;;+2. The normalized spacial score (nSPS) is 19.1. The molecule has 4 rings (SSSR count). The second kappa shape index (κ2) is 15.0. The molecule has 0 spiro atoms. The molecule has 4 nitrogen and oxygen atoms in total. The van der Waals surface area contributed by atoms with Crippen molar-refractivity contribution in [2.45, 2.75) is 50.5 Å². The van der Waals surface area contributed by atoms with Gasteiger partial charge in [-0.3, -0.25) is 0 Å². The van der Waals surface area contributed by atoms with Crippen LogP contribution < -0.4 is 0 Å². The Labute approximate surface area is 270 Å². The van der Waals surface area contributed by atoms with Gasteiger partial charge in [0.15, 0.2) is 27.8 Å². The summed E-state index contributed by atoms with van der Waals surface area (Å²) in [7, 11) is -3.84. The van der Waals surface area contributed by atoms with Crippen LogP contribution in [0.2, 0.25) is 49.3 Å². The first kappa shape index (κ1) is 36.1. The van der Waals surface area contributed by atoms with E-state index in [4.69, 9.17) is 32.1 Å². The molecule has 2 saturated carbocycles. The van der Waals surface area contributed by atoms with E-state index < -0.39 is 27.8 Å². The van der Waals surface area contributed by atoms with Crippen LogP contribution in [0.25, 0.3) is 0 Å². The SMILES string of the molecule is C[Si](C)(C)OC(C#N)([C]1[CH][CH][CH][CH]1)c1ccc(Cl)cc1.C[Si](C)(C)OC(C#N)([C]1[CH][CH][CH][CH]1)c1ccc(Cl)cc1.[Fe+2]. The predicted molar refractivity (Wildman–Crippen MR) is 167 cm³/mol. The fourth-order valence-corrected chi connectivity index (χ4v) is 7.03. The van der Waals surface area contributed by atoms with Crippen molar-refractivity contribution in [2.24, 2.45) is 0 Å². The molecular formula is C32H34Cl2FeN2O2Si2+2. The summed E-state index contributed by atoms with van der Waals surface area (Å²) >= 11 is 11.9. The second-order valence-corrected chi connectivity index (χ2v) is 21.1. The second-order valence-electron chi connectivity index (χ2n) is 11.4. The van der Waals surface area contributed by atoms with Crippen LogP contribution in [0.15, 0.2) is 48.5 Å². The summed E-state index contributed by atoms with van der Waals surface area (Å²) in [6.07, 6.45) is 15.4. The van der Waals surface area contributed by atoms with Crippen molar-refractivity contribution in [1.82, 2.24) is 0 Å². The minimum absolute atomic E-state index is 0. The summed E-state index contributed by atoms with van der Waals surface area (Å²) in [5, 5.41) is 21.0. The van der Waals surface area contributed by atoms with Gasteiger partial charge in [0.2, 0.25) is 0 Å². The van der Waals surface area contributed by atoms with Crippen LogP contribution >= 0.6 is 23.2 Å². The molecule has 0 aliphatic heterocycles. The minimum atomic E-state index is -1.92. The molecule has 0 bridgehead atoms. The monoisotopic (exact) mass is 660 g/mol. The van der Waals surface area contributed by atoms with Gasteiger partial charge in [0.05, 0.1) is 0 Å². The van der Waals surface area contributed by atoms with E-state index in [0.717, 1.165) is 23.0 Å². The van der Waals surface area contributed by atoms with E-state index in [9.17, 15) is 10.5 Å². The van der Waals surface area contributed by atoms with Gasteiger partial charge in [0.1, 0.15) is 12.1 Å². The van der Waals surface area contributed by atoms with Crippen LogP contribution in [0.4, 0.5) is 0 Å². The first-order valence-electron chi connectivity index (χ1n) is 12.9. The molecule has 0 N–H and O–H groups in total. The van der Waals surface area contributed by atoms with Crippen molar-refractivity contribution in [1.29, 1.82) is 10.5 Å². The fraction of sp³-hybridized carbons (Fsp3) is 0.250. The molecule has 0 heterocycles. The van der Waals surface area contributed by atoms with E-state index >= 15 is 0 Å². The summed E-state index contributed by atoms with van der Waals surface area (Å²) in [6.45, 7) is 12.5. The molecule has 2 fully saturated rings. The van der Waals surface area contributed by atoms with Crippen molar-refractivity contribution < 1.29 is 25.9 Å². The fourth-order valence-electron chi connectivity index (χ4n) is 4.38. The molecule has 2 aromatic rings. The molecule has 2 aliphatic carbocycles. The Kier molecular flexibility index (Phi) is 13.2. The molecule has 41 heavy (non-hydrogen) atoms. The van der Waals surface area contributed by atoms with Gasteiger partial charge in [-0.15, -0.1) is 0 Å². The molecule has 0 aromatic heterocycles. The predicted octanol–water partition coefficient (Wildman–Crippen LogP) is 8.63. The van der Waals surface area contributed by atoms with Crippen molar-refractivity contribution in [3.05, 3.63) is 133 Å². The first-order valence-corrected chi connectivity index (χ1v) is 20.5. The van der Waals surface area contributed by atoms with Gasteiger partial charge in [0, 0.05) is 21.9 Å². The Morgan fingerprint density at radius 1 is 0.561 bits per heavy atom. The van der Waals surface area contributed by atoms with Gasteiger partial charge in [0.25, 0.3) is 0 Å². The third kappa shape index (κ3) is 9.43. The number of benzene rings is 2. The van der Waals surface area contributed by atoms with E-state index in [2.05, 4.69) is 51.4 Å². The van der Waals surface area contributed by atoms with E-state index in [0.29, 0.717) is 10.0 Å². The van der Waals surface area contributed by atoms with Gasteiger partial charge in [-0.1, -0.05) is 47.5 Å². The zero-order valence-electron chi connectivity index (χ0n) is 24.1. The molecule has 2 aliphatic rings. The third-order valence-electron chi connectivity index (χ3n) is 5.87. The van der Waals surface area contributed by atoms with E-state index in [1.807, 2.05) is 75.6 Å². The van der Waals surface area contributed by atoms with Crippen LogP contribution in [0.1, 0.15) is 11.1 Å².